The van der Waals surface area contributed by atoms with Crippen molar-refractivity contribution in [1.82, 2.24) is 5.32 Å². The molecule has 1 saturated heterocycles. The van der Waals surface area contributed by atoms with Crippen molar-refractivity contribution in [2.75, 3.05) is 11.5 Å². The van der Waals surface area contributed by atoms with E-state index < -0.39 is 5.82 Å². The molecule has 0 aliphatic carbocycles. The summed E-state index contributed by atoms with van der Waals surface area (Å²) < 4.78 is 13.7. The molecule has 0 bridgehead atoms. The lowest BCUT2D eigenvalue weighted by Gasteiger charge is -2.12. The lowest BCUT2D eigenvalue weighted by Crippen LogP contribution is -2.35. The molecule has 1 aliphatic heterocycles. The van der Waals surface area contributed by atoms with E-state index in [2.05, 4.69) is 5.32 Å². The topological polar surface area (TPSA) is 29.1 Å². The Labute approximate surface area is 98.6 Å². The van der Waals surface area contributed by atoms with Gasteiger partial charge in [0, 0.05) is 11.8 Å². The van der Waals surface area contributed by atoms with Crippen LogP contribution in [0, 0.1) is 12.7 Å². The Hall–Kier alpha value is -1.03. The first-order valence-electron chi connectivity index (χ1n) is 5.32. The summed E-state index contributed by atoms with van der Waals surface area (Å²) in [4.78, 5) is 11.8. The van der Waals surface area contributed by atoms with Crippen LogP contribution < -0.4 is 5.32 Å². The summed E-state index contributed by atoms with van der Waals surface area (Å²) >= 11 is 1.82. The van der Waals surface area contributed by atoms with E-state index in [4.69, 9.17) is 0 Å². The number of thioether (sulfide) groups is 1. The maximum Gasteiger partial charge on any atom is 0.254 e. The number of carbonyl (C=O) groups is 1. The molecule has 0 radical (unpaired) electrons. The molecule has 1 fully saturated rings. The predicted octanol–water partition coefficient (Wildman–Crippen LogP) is 2.37. The molecule has 1 atom stereocenters. The number of nitrogens with one attached hydrogen (secondary N) is 1. The smallest absolute Gasteiger partial charge is 0.254 e. The molecule has 1 aliphatic rings. The SMILES string of the molecule is Cc1cccc(C(=O)NC2CCSC2)c1F. The molecule has 1 heterocycles. The molecule has 16 heavy (non-hydrogen) atoms. The third-order valence-corrected chi connectivity index (χ3v) is 3.86. The first-order chi connectivity index (χ1) is 7.68. The lowest BCUT2D eigenvalue weighted by atomic mass is 10.1. The van der Waals surface area contributed by atoms with Crippen LogP contribution in [-0.4, -0.2) is 23.5 Å². The van der Waals surface area contributed by atoms with Gasteiger partial charge < -0.3 is 5.32 Å². The van der Waals surface area contributed by atoms with Crippen molar-refractivity contribution >= 4 is 17.7 Å². The van der Waals surface area contributed by atoms with E-state index in [-0.39, 0.29) is 17.5 Å². The van der Waals surface area contributed by atoms with Crippen molar-refractivity contribution in [3.05, 3.63) is 35.1 Å². The maximum absolute atomic E-state index is 13.7. The molecule has 4 heteroatoms. The van der Waals surface area contributed by atoms with Crippen molar-refractivity contribution in [2.45, 2.75) is 19.4 Å². The average Bonchev–Trinajstić information content (AvgIpc) is 2.74. The lowest BCUT2D eigenvalue weighted by molar-refractivity contribution is 0.0937. The molecule has 2 rings (SSSR count). The van der Waals surface area contributed by atoms with E-state index in [1.807, 2.05) is 11.8 Å². The van der Waals surface area contributed by atoms with Crippen molar-refractivity contribution < 1.29 is 9.18 Å². The Balaban J connectivity index is 2.11. The molecule has 1 N–H and O–H groups in total. The second-order valence-electron chi connectivity index (χ2n) is 3.97. The molecule has 86 valence electrons. The summed E-state index contributed by atoms with van der Waals surface area (Å²) in [5.74, 6) is 1.29. The summed E-state index contributed by atoms with van der Waals surface area (Å²) in [6, 6.07) is 5.09. The van der Waals surface area contributed by atoms with Crippen LogP contribution in [0.15, 0.2) is 18.2 Å². The summed E-state index contributed by atoms with van der Waals surface area (Å²) in [6.07, 6.45) is 0.976. The number of aryl methyl sites for hydroxylation is 1. The largest absolute Gasteiger partial charge is 0.348 e. The monoisotopic (exact) mass is 239 g/mol. The summed E-state index contributed by atoms with van der Waals surface area (Å²) in [7, 11) is 0. The highest BCUT2D eigenvalue weighted by Gasteiger charge is 2.20. The standard InChI is InChI=1S/C12H14FNOS/c1-8-3-2-4-10(11(8)13)12(15)14-9-5-6-16-7-9/h2-4,9H,5-7H2,1H3,(H,14,15). The summed E-state index contributed by atoms with van der Waals surface area (Å²) in [5, 5.41) is 2.86. The van der Waals surface area contributed by atoms with Gasteiger partial charge in [-0.25, -0.2) is 4.39 Å². The van der Waals surface area contributed by atoms with Gasteiger partial charge >= 0.3 is 0 Å². The number of benzene rings is 1. The fourth-order valence-corrected chi connectivity index (χ4v) is 2.89. The fraction of sp³-hybridized carbons (Fsp3) is 0.417. The van der Waals surface area contributed by atoms with Crippen LogP contribution in [-0.2, 0) is 0 Å². The molecular weight excluding hydrogens is 225 g/mol. The molecule has 2 nitrogen and oxygen atoms in total. The van der Waals surface area contributed by atoms with Crippen LogP contribution >= 0.6 is 11.8 Å². The van der Waals surface area contributed by atoms with Crippen LogP contribution in [0.4, 0.5) is 4.39 Å². The summed E-state index contributed by atoms with van der Waals surface area (Å²) in [6.45, 7) is 1.66. The fourth-order valence-electron chi connectivity index (χ4n) is 1.73. The number of amides is 1. The van der Waals surface area contributed by atoms with Crippen molar-refractivity contribution in [3.8, 4) is 0 Å². The zero-order valence-electron chi connectivity index (χ0n) is 9.13. The molecule has 0 spiro atoms. The number of hydrogen-bond acceptors (Lipinski definition) is 2. The van der Waals surface area contributed by atoms with Gasteiger partial charge in [-0.2, -0.15) is 11.8 Å². The number of rotatable bonds is 2. The van der Waals surface area contributed by atoms with Crippen LogP contribution in [0.5, 0.6) is 0 Å². The third kappa shape index (κ3) is 2.38. The first kappa shape index (κ1) is 11.5. The van der Waals surface area contributed by atoms with Gasteiger partial charge in [-0.1, -0.05) is 12.1 Å². The van der Waals surface area contributed by atoms with Gasteiger partial charge in [-0.05, 0) is 30.7 Å². The van der Waals surface area contributed by atoms with Gasteiger partial charge in [0.15, 0.2) is 0 Å². The normalized spacial score (nSPS) is 19.8. The van der Waals surface area contributed by atoms with Gasteiger partial charge in [0.2, 0.25) is 0 Å². The Kier molecular flexibility index (Phi) is 3.49. The Morgan fingerprint density at radius 2 is 2.38 bits per heavy atom. The molecule has 0 aromatic heterocycles. The second kappa shape index (κ2) is 4.87. The Morgan fingerprint density at radius 3 is 3.06 bits per heavy atom. The van der Waals surface area contributed by atoms with E-state index >= 15 is 0 Å². The molecular formula is C12H14FNOS. The van der Waals surface area contributed by atoms with E-state index in [0.717, 1.165) is 17.9 Å². The number of hydrogen-bond donors (Lipinski definition) is 1. The highest BCUT2D eigenvalue weighted by molar-refractivity contribution is 7.99. The van der Waals surface area contributed by atoms with Crippen LogP contribution in [0.25, 0.3) is 0 Å². The predicted molar refractivity (Wildman–Crippen MR) is 64.3 cm³/mol. The molecule has 0 saturated carbocycles. The van der Waals surface area contributed by atoms with Crippen LogP contribution in [0.2, 0.25) is 0 Å². The zero-order valence-corrected chi connectivity index (χ0v) is 9.94. The number of halogens is 1. The van der Waals surface area contributed by atoms with E-state index in [1.54, 1.807) is 19.1 Å². The second-order valence-corrected chi connectivity index (χ2v) is 5.12. The van der Waals surface area contributed by atoms with Gasteiger partial charge in [-0.3, -0.25) is 4.79 Å². The van der Waals surface area contributed by atoms with Crippen LogP contribution in [0.3, 0.4) is 0 Å². The van der Waals surface area contributed by atoms with E-state index in [0.29, 0.717) is 5.56 Å². The Bertz CT molecular complexity index is 402. The summed E-state index contributed by atoms with van der Waals surface area (Å²) in [5.41, 5.74) is 0.658. The molecule has 1 aromatic carbocycles. The zero-order chi connectivity index (χ0) is 11.5. The molecule has 1 aromatic rings. The minimum atomic E-state index is -0.411. The van der Waals surface area contributed by atoms with Crippen LogP contribution in [0.1, 0.15) is 22.3 Å². The van der Waals surface area contributed by atoms with Crippen molar-refractivity contribution in [1.29, 1.82) is 0 Å². The maximum atomic E-state index is 13.7. The minimum absolute atomic E-state index is 0.150. The van der Waals surface area contributed by atoms with Crippen molar-refractivity contribution in [2.24, 2.45) is 0 Å². The van der Waals surface area contributed by atoms with Gasteiger partial charge in [0.25, 0.3) is 5.91 Å². The molecule has 1 amide bonds. The average molecular weight is 239 g/mol. The highest BCUT2D eigenvalue weighted by Crippen LogP contribution is 2.18. The van der Waals surface area contributed by atoms with Crippen molar-refractivity contribution in [3.63, 3.8) is 0 Å². The van der Waals surface area contributed by atoms with Gasteiger partial charge in [0.05, 0.1) is 5.56 Å². The Morgan fingerprint density at radius 1 is 1.56 bits per heavy atom. The van der Waals surface area contributed by atoms with E-state index in [1.165, 1.54) is 6.07 Å². The molecule has 1 unspecified atom stereocenters. The number of carbonyl (C=O) groups excluding carboxylic acids is 1. The first-order valence-corrected chi connectivity index (χ1v) is 6.47. The van der Waals surface area contributed by atoms with E-state index in [9.17, 15) is 9.18 Å². The van der Waals surface area contributed by atoms with Gasteiger partial charge in [0.1, 0.15) is 5.82 Å². The van der Waals surface area contributed by atoms with Gasteiger partial charge in [-0.15, -0.1) is 0 Å². The quantitative estimate of drug-likeness (QED) is 0.858. The highest BCUT2D eigenvalue weighted by atomic mass is 32.2. The minimum Gasteiger partial charge on any atom is -0.348 e. The third-order valence-electron chi connectivity index (χ3n) is 2.70.